The first-order chi connectivity index (χ1) is 10.1. The fourth-order valence-corrected chi connectivity index (χ4v) is 2.33. The van der Waals surface area contributed by atoms with Crippen LogP contribution < -0.4 is 5.32 Å². The molecule has 6 nitrogen and oxygen atoms in total. The summed E-state index contributed by atoms with van der Waals surface area (Å²) in [5, 5.41) is 12.6. The fourth-order valence-electron chi connectivity index (χ4n) is 2.33. The van der Waals surface area contributed by atoms with Gasteiger partial charge in [-0.25, -0.2) is 0 Å². The lowest BCUT2D eigenvalue weighted by molar-refractivity contribution is -0.138. The maximum absolute atomic E-state index is 12.4. The average Bonchev–Trinajstić information content (AvgIpc) is 2.52. The van der Waals surface area contributed by atoms with E-state index in [0.717, 1.165) is 12.8 Å². The van der Waals surface area contributed by atoms with Crippen LogP contribution in [0.3, 0.4) is 0 Å². The number of likely N-dealkylation sites (tertiary alicyclic amines) is 1. The van der Waals surface area contributed by atoms with Crippen LogP contribution in [0.5, 0.6) is 0 Å². The van der Waals surface area contributed by atoms with Gasteiger partial charge < -0.3 is 20.1 Å². The molecule has 6 heteroatoms. The van der Waals surface area contributed by atoms with Gasteiger partial charge in [-0.15, -0.1) is 0 Å². The van der Waals surface area contributed by atoms with Crippen molar-refractivity contribution in [1.82, 2.24) is 4.90 Å². The first kappa shape index (κ1) is 15.3. The average molecular weight is 292 g/mol. The highest BCUT2D eigenvalue weighted by atomic mass is 16.5. The number of benzene rings is 1. The van der Waals surface area contributed by atoms with E-state index < -0.39 is 6.10 Å². The maximum atomic E-state index is 12.4. The Bertz CT molecular complexity index is 518. The number of methoxy groups -OCH3 is 1. The molecule has 1 saturated heterocycles. The monoisotopic (exact) mass is 292 g/mol. The molecule has 1 amide bonds. The minimum Gasteiger partial charge on any atom is -0.468 e. The first-order valence-electron chi connectivity index (χ1n) is 6.98. The number of piperidine rings is 1. The van der Waals surface area contributed by atoms with Crippen molar-refractivity contribution in [1.29, 1.82) is 0 Å². The maximum Gasteiger partial charge on any atom is 0.325 e. The smallest absolute Gasteiger partial charge is 0.325 e. The highest BCUT2D eigenvalue weighted by molar-refractivity contribution is 5.95. The molecule has 21 heavy (non-hydrogen) atoms. The molecule has 0 bridgehead atoms. The second-order valence-corrected chi connectivity index (χ2v) is 5.06. The molecular weight excluding hydrogens is 272 g/mol. The Kier molecular flexibility index (Phi) is 5.16. The number of amides is 1. The van der Waals surface area contributed by atoms with Gasteiger partial charge in [-0.3, -0.25) is 9.59 Å². The molecule has 1 aliphatic rings. The minimum absolute atomic E-state index is 0.0522. The van der Waals surface area contributed by atoms with Crippen LogP contribution in [0.1, 0.15) is 23.2 Å². The number of ether oxygens (including phenoxy) is 1. The molecule has 1 atom stereocenters. The van der Waals surface area contributed by atoms with Gasteiger partial charge in [-0.05, 0) is 31.0 Å². The van der Waals surface area contributed by atoms with Gasteiger partial charge in [0.15, 0.2) is 0 Å². The molecule has 2 N–H and O–H groups in total. The van der Waals surface area contributed by atoms with E-state index in [1.54, 1.807) is 29.2 Å². The minimum atomic E-state index is -0.441. The van der Waals surface area contributed by atoms with Crippen LogP contribution in [0.25, 0.3) is 0 Å². The summed E-state index contributed by atoms with van der Waals surface area (Å²) in [5.41, 5.74) is 1.22. The second-order valence-electron chi connectivity index (χ2n) is 5.06. The Labute approximate surface area is 123 Å². The van der Waals surface area contributed by atoms with Gasteiger partial charge in [0, 0.05) is 24.3 Å². The molecule has 1 aromatic rings. The molecule has 1 fully saturated rings. The number of esters is 1. The third kappa shape index (κ3) is 4.19. The van der Waals surface area contributed by atoms with E-state index in [2.05, 4.69) is 10.1 Å². The van der Waals surface area contributed by atoms with Gasteiger partial charge >= 0.3 is 5.97 Å². The third-order valence-electron chi connectivity index (χ3n) is 3.46. The lowest BCUT2D eigenvalue weighted by Gasteiger charge is -2.30. The van der Waals surface area contributed by atoms with Crippen LogP contribution in [-0.2, 0) is 9.53 Å². The molecule has 1 aliphatic heterocycles. The molecule has 1 aromatic carbocycles. The SMILES string of the molecule is COC(=O)CNc1cccc(C(=O)N2CCCC(O)C2)c1. The molecule has 1 heterocycles. The summed E-state index contributed by atoms with van der Waals surface area (Å²) in [6, 6.07) is 6.97. The molecule has 1 unspecified atom stereocenters. The van der Waals surface area contributed by atoms with Crippen molar-refractivity contribution in [3.8, 4) is 0 Å². The molecule has 0 aliphatic carbocycles. The van der Waals surface area contributed by atoms with Crippen molar-refractivity contribution in [3.63, 3.8) is 0 Å². The van der Waals surface area contributed by atoms with Gasteiger partial charge in [0.2, 0.25) is 0 Å². The number of carbonyl (C=O) groups excluding carboxylic acids is 2. The number of anilines is 1. The molecule has 0 spiro atoms. The zero-order chi connectivity index (χ0) is 15.2. The number of nitrogens with zero attached hydrogens (tertiary/aromatic N) is 1. The highest BCUT2D eigenvalue weighted by Crippen LogP contribution is 2.16. The number of aliphatic hydroxyl groups excluding tert-OH is 1. The summed E-state index contributed by atoms with van der Waals surface area (Å²) >= 11 is 0. The van der Waals surface area contributed by atoms with E-state index in [0.29, 0.717) is 24.3 Å². The second kappa shape index (κ2) is 7.08. The lowest BCUT2D eigenvalue weighted by Crippen LogP contribution is -2.42. The number of nitrogens with one attached hydrogen (secondary N) is 1. The molecule has 0 saturated carbocycles. The number of aliphatic hydroxyl groups is 1. The van der Waals surface area contributed by atoms with Crippen molar-refractivity contribution in [2.75, 3.05) is 32.1 Å². The Morgan fingerprint density at radius 1 is 1.48 bits per heavy atom. The first-order valence-corrected chi connectivity index (χ1v) is 6.98. The standard InChI is InChI=1S/C15H20N2O4/c1-21-14(19)9-16-12-5-2-4-11(8-12)15(20)17-7-3-6-13(18)10-17/h2,4-5,8,13,16,18H,3,6-7,9-10H2,1H3. The van der Waals surface area contributed by atoms with Crippen LogP contribution in [-0.4, -0.2) is 54.7 Å². The summed E-state index contributed by atoms with van der Waals surface area (Å²) in [5.74, 6) is -0.471. The Hall–Kier alpha value is -2.08. The van der Waals surface area contributed by atoms with Crippen molar-refractivity contribution in [2.24, 2.45) is 0 Å². The van der Waals surface area contributed by atoms with Crippen LogP contribution in [0.4, 0.5) is 5.69 Å². The van der Waals surface area contributed by atoms with Crippen molar-refractivity contribution >= 4 is 17.6 Å². The van der Waals surface area contributed by atoms with Crippen LogP contribution in [0.15, 0.2) is 24.3 Å². The largest absolute Gasteiger partial charge is 0.468 e. The van der Waals surface area contributed by atoms with Crippen LogP contribution in [0, 0.1) is 0 Å². The highest BCUT2D eigenvalue weighted by Gasteiger charge is 2.23. The molecule has 0 aromatic heterocycles. The predicted octanol–water partition coefficient (Wildman–Crippen LogP) is 0.868. The van der Waals surface area contributed by atoms with E-state index in [1.807, 2.05) is 0 Å². The number of hydrogen-bond acceptors (Lipinski definition) is 5. The molecule has 0 radical (unpaired) electrons. The van der Waals surface area contributed by atoms with Crippen molar-refractivity contribution in [2.45, 2.75) is 18.9 Å². The van der Waals surface area contributed by atoms with Gasteiger partial charge in [0.1, 0.15) is 6.54 Å². The Morgan fingerprint density at radius 3 is 3.00 bits per heavy atom. The predicted molar refractivity (Wildman–Crippen MR) is 78.1 cm³/mol. The topological polar surface area (TPSA) is 78.9 Å². The zero-order valence-electron chi connectivity index (χ0n) is 12.0. The van der Waals surface area contributed by atoms with E-state index in [9.17, 15) is 14.7 Å². The van der Waals surface area contributed by atoms with Gasteiger partial charge in [0.05, 0.1) is 13.2 Å². The van der Waals surface area contributed by atoms with Crippen molar-refractivity contribution < 1.29 is 19.4 Å². The quantitative estimate of drug-likeness (QED) is 0.805. The van der Waals surface area contributed by atoms with Gasteiger partial charge in [0.25, 0.3) is 5.91 Å². The van der Waals surface area contributed by atoms with E-state index >= 15 is 0 Å². The van der Waals surface area contributed by atoms with Gasteiger partial charge in [-0.2, -0.15) is 0 Å². The summed E-state index contributed by atoms with van der Waals surface area (Å²) in [7, 11) is 1.33. The number of β-amino-alcohol motifs (C(OH)–C–C–N with tert-alkyl or cyclic N) is 1. The van der Waals surface area contributed by atoms with E-state index in [-0.39, 0.29) is 18.4 Å². The molecule has 114 valence electrons. The Morgan fingerprint density at radius 2 is 2.29 bits per heavy atom. The third-order valence-corrected chi connectivity index (χ3v) is 3.46. The van der Waals surface area contributed by atoms with Crippen LogP contribution in [0.2, 0.25) is 0 Å². The summed E-state index contributed by atoms with van der Waals surface area (Å²) < 4.78 is 4.55. The van der Waals surface area contributed by atoms with Crippen LogP contribution >= 0.6 is 0 Å². The molecular formula is C15H20N2O4. The lowest BCUT2D eigenvalue weighted by atomic mass is 10.1. The zero-order valence-corrected chi connectivity index (χ0v) is 12.0. The van der Waals surface area contributed by atoms with Gasteiger partial charge in [-0.1, -0.05) is 6.07 Å². The van der Waals surface area contributed by atoms with E-state index in [4.69, 9.17) is 0 Å². The Balaban J connectivity index is 2.02. The number of hydrogen-bond donors (Lipinski definition) is 2. The fraction of sp³-hybridized carbons (Fsp3) is 0.467. The summed E-state index contributed by atoms with van der Waals surface area (Å²) in [6.07, 6.45) is 1.11. The number of rotatable bonds is 4. The summed E-state index contributed by atoms with van der Waals surface area (Å²) in [4.78, 5) is 25.1. The van der Waals surface area contributed by atoms with Crippen molar-refractivity contribution in [3.05, 3.63) is 29.8 Å². The molecule has 2 rings (SSSR count). The number of carbonyl (C=O) groups is 2. The normalized spacial score (nSPS) is 18.2. The van der Waals surface area contributed by atoms with E-state index in [1.165, 1.54) is 7.11 Å². The summed E-state index contributed by atoms with van der Waals surface area (Å²) in [6.45, 7) is 1.09.